The fourth-order valence-electron chi connectivity index (χ4n) is 5.55. The predicted octanol–water partition coefficient (Wildman–Crippen LogP) is 12.0. The van der Waals surface area contributed by atoms with Crippen molar-refractivity contribution < 1.29 is 29.3 Å². The Morgan fingerprint density at radius 3 is 1.41 bits per heavy atom. The van der Waals surface area contributed by atoms with Crippen molar-refractivity contribution in [3.63, 3.8) is 0 Å². The zero-order valence-electron chi connectivity index (χ0n) is 33.1. The molecule has 0 saturated heterocycles. The Balaban J connectivity index is 3.53. The smallest absolute Gasteiger partial charge is 0.305 e. The molecule has 0 bridgehead atoms. The SMILES string of the molecule is CC[C@H](O)/C=C/C=C\C/C=C\C/C=C\C/C=C\CCCC(=O)OC[C@H](O)COC(=O)CCCCCCCCCCCCCCCCCCC(C)C. The van der Waals surface area contributed by atoms with Crippen LogP contribution in [-0.4, -0.2) is 47.6 Å². The van der Waals surface area contributed by atoms with E-state index in [2.05, 4.69) is 56.4 Å². The topological polar surface area (TPSA) is 93.1 Å². The summed E-state index contributed by atoms with van der Waals surface area (Å²) in [6, 6.07) is 0. The summed E-state index contributed by atoms with van der Waals surface area (Å²) < 4.78 is 10.3. The van der Waals surface area contributed by atoms with Gasteiger partial charge in [0.1, 0.15) is 19.3 Å². The molecule has 0 unspecified atom stereocenters. The van der Waals surface area contributed by atoms with E-state index in [1.165, 1.54) is 89.9 Å². The summed E-state index contributed by atoms with van der Waals surface area (Å²) >= 11 is 0. The monoisotopic (exact) mass is 715 g/mol. The van der Waals surface area contributed by atoms with Crippen LogP contribution in [0.3, 0.4) is 0 Å². The van der Waals surface area contributed by atoms with E-state index in [0.717, 1.165) is 57.3 Å². The van der Waals surface area contributed by atoms with Crippen LogP contribution in [0, 0.1) is 5.92 Å². The summed E-state index contributed by atoms with van der Waals surface area (Å²) in [5.74, 6) is 0.204. The molecule has 0 aromatic rings. The molecule has 0 aliphatic carbocycles. The van der Waals surface area contributed by atoms with Crippen molar-refractivity contribution in [1.29, 1.82) is 0 Å². The minimum Gasteiger partial charge on any atom is -0.463 e. The van der Waals surface area contributed by atoms with Crippen LogP contribution >= 0.6 is 0 Å². The highest BCUT2D eigenvalue weighted by atomic mass is 16.6. The highest BCUT2D eigenvalue weighted by Crippen LogP contribution is 2.15. The van der Waals surface area contributed by atoms with E-state index in [4.69, 9.17) is 9.47 Å². The van der Waals surface area contributed by atoms with E-state index in [-0.39, 0.29) is 31.3 Å². The van der Waals surface area contributed by atoms with Gasteiger partial charge in [0.15, 0.2) is 0 Å². The Hall–Kier alpha value is -2.44. The standard InChI is InChI=1S/C45H78O6/c1-4-42(46)36-32-28-24-20-16-12-9-10-14-18-22-26-30-34-38-45(49)51-40-43(47)39-50-44(48)37-33-29-25-21-17-13-8-6-5-7-11-15-19-23-27-31-35-41(2)3/h10,12,14,16,22,24,26,28,32,36,41-43,46-47H,4-9,11,13,15,17-21,23,25,27,29-31,33-35,37-40H2,1-3H3/b14-10-,16-12-,26-22-,28-24-,36-32+/t42-,43+/m0/s1. The molecule has 0 rings (SSSR count). The molecule has 0 aromatic carbocycles. The molecule has 294 valence electrons. The third-order valence-electron chi connectivity index (χ3n) is 8.85. The first-order chi connectivity index (χ1) is 24.8. The molecule has 0 aliphatic rings. The lowest BCUT2D eigenvalue weighted by molar-refractivity contribution is -0.152. The lowest BCUT2D eigenvalue weighted by atomic mass is 10.0. The second kappa shape index (κ2) is 38.8. The van der Waals surface area contributed by atoms with Crippen LogP contribution in [0.25, 0.3) is 0 Å². The lowest BCUT2D eigenvalue weighted by Crippen LogP contribution is -2.25. The number of aliphatic hydroxyl groups excluding tert-OH is 2. The van der Waals surface area contributed by atoms with Gasteiger partial charge in [-0.2, -0.15) is 0 Å². The highest BCUT2D eigenvalue weighted by molar-refractivity contribution is 5.69. The highest BCUT2D eigenvalue weighted by Gasteiger charge is 2.12. The molecule has 51 heavy (non-hydrogen) atoms. The molecule has 0 saturated carbocycles. The Morgan fingerprint density at radius 2 is 0.941 bits per heavy atom. The number of hydrogen-bond acceptors (Lipinski definition) is 6. The summed E-state index contributed by atoms with van der Waals surface area (Å²) in [4.78, 5) is 24.0. The van der Waals surface area contributed by atoms with Gasteiger partial charge in [0, 0.05) is 12.8 Å². The Bertz CT molecular complexity index is 931. The Morgan fingerprint density at radius 1 is 0.529 bits per heavy atom. The number of rotatable bonds is 36. The van der Waals surface area contributed by atoms with Crippen LogP contribution < -0.4 is 0 Å². The predicted molar refractivity (Wildman–Crippen MR) is 216 cm³/mol. The maximum absolute atomic E-state index is 12.0. The number of aliphatic hydroxyl groups is 2. The van der Waals surface area contributed by atoms with Gasteiger partial charge >= 0.3 is 11.9 Å². The number of carbonyl (C=O) groups excluding carboxylic acids is 2. The molecule has 0 radical (unpaired) electrons. The van der Waals surface area contributed by atoms with Crippen LogP contribution in [0.5, 0.6) is 0 Å². The van der Waals surface area contributed by atoms with Gasteiger partial charge < -0.3 is 19.7 Å². The molecule has 0 aromatic heterocycles. The first-order valence-corrected chi connectivity index (χ1v) is 20.8. The van der Waals surface area contributed by atoms with Gasteiger partial charge in [-0.3, -0.25) is 9.59 Å². The number of unbranched alkanes of at least 4 members (excludes halogenated alkanes) is 16. The number of carbonyl (C=O) groups is 2. The van der Waals surface area contributed by atoms with Gasteiger partial charge in [-0.1, -0.05) is 184 Å². The molecule has 0 heterocycles. The normalized spacial score (nSPS) is 13.5. The first kappa shape index (κ1) is 48.6. The van der Waals surface area contributed by atoms with Crippen LogP contribution in [0.4, 0.5) is 0 Å². The maximum Gasteiger partial charge on any atom is 0.305 e. The lowest BCUT2D eigenvalue weighted by Gasteiger charge is -2.12. The third-order valence-corrected chi connectivity index (χ3v) is 8.85. The van der Waals surface area contributed by atoms with Gasteiger partial charge in [-0.15, -0.1) is 0 Å². The van der Waals surface area contributed by atoms with Gasteiger partial charge in [0.2, 0.25) is 0 Å². The molecule has 2 N–H and O–H groups in total. The molecular weight excluding hydrogens is 636 g/mol. The van der Waals surface area contributed by atoms with E-state index in [9.17, 15) is 19.8 Å². The van der Waals surface area contributed by atoms with Gasteiger partial charge in [-0.05, 0) is 50.9 Å². The largest absolute Gasteiger partial charge is 0.463 e. The number of allylic oxidation sites excluding steroid dienone is 9. The molecule has 6 nitrogen and oxygen atoms in total. The summed E-state index contributed by atoms with van der Waals surface area (Å²) in [7, 11) is 0. The summed E-state index contributed by atoms with van der Waals surface area (Å²) in [6.45, 7) is 6.28. The fraction of sp³-hybridized carbons (Fsp3) is 0.733. The molecule has 0 spiro atoms. The summed E-state index contributed by atoms with van der Waals surface area (Å²) in [5, 5.41) is 19.5. The fourth-order valence-corrected chi connectivity index (χ4v) is 5.55. The number of hydrogen-bond donors (Lipinski definition) is 2. The van der Waals surface area contributed by atoms with E-state index in [0.29, 0.717) is 19.3 Å². The van der Waals surface area contributed by atoms with Crippen LogP contribution in [0.2, 0.25) is 0 Å². The van der Waals surface area contributed by atoms with Crippen molar-refractivity contribution in [3.8, 4) is 0 Å². The van der Waals surface area contributed by atoms with Crippen LogP contribution in [0.15, 0.2) is 60.8 Å². The summed E-state index contributed by atoms with van der Waals surface area (Å²) in [6.07, 6.45) is 46.6. The zero-order chi connectivity index (χ0) is 37.5. The van der Waals surface area contributed by atoms with E-state index in [1.807, 2.05) is 19.1 Å². The van der Waals surface area contributed by atoms with E-state index >= 15 is 0 Å². The van der Waals surface area contributed by atoms with Crippen molar-refractivity contribution >= 4 is 11.9 Å². The van der Waals surface area contributed by atoms with Crippen molar-refractivity contribution in [1.82, 2.24) is 0 Å². The Kier molecular flexibility index (Phi) is 36.9. The number of ether oxygens (including phenoxy) is 2. The molecule has 0 amide bonds. The quantitative estimate of drug-likeness (QED) is 0.0290. The third kappa shape index (κ3) is 40.2. The van der Waals surface area contributed by atoms with E-state index in [1.54, 1.807) is 6.08 Å². The van der Waals surface area contributed by atoms with Gasteiger partial charge in [0.05, 0.1) is 6.10 Å². The minimum absolute atomic E-state index is 0.143. The maximum atomic E-state index is 12.0. The molecule has 0 fully saturated rings. The molecule has 0 aliphatic heterocycles. The van der Waals surface area contributed by atoms with Gasteiger partial charge in [-0.25, -0.2) is 0 Å². The second-order valence-corrected chi connectivity index (χ2v) is 14.4. The van der Waals surface area contributed by atoms with E-state index < -0.39 is 6.10 Å². The van der Waals surface area contributed by atoms with Crippen molar-refractivity contribution in [2.75, 3.05) is 13.2 Å². The van der Waals surface area contributed by atoms with Gasteiger partial charge in [0.25, 0.3) is 0 Å². The second-order valence-electron chi connectivity index (χ2n) is 14.4. The molecule has 2 atom stereocenters. The van der Waals surface area contributed by atoms with Crippen molar-refractivity contribution in [3.05, 3.63) is 60.8 Å². The number of esters is 2. The van der Waals surface area contributed by atoms with Crippen LogP contribution in [0.1, 0.15) is 181 Å². The van der Waals surface area contributed by atoms with Crippen molar-refractivity contribution in [2.24, 2.45) is 5.92 Å². The van der Waals surface area contributed by atoms with Crippen molar-refractivity contribution in [2.45, 2.75) is 193 Å². The minimum atomic E-state index is -0.997. The average molecular weight is 715 g/mol. The Labute approximate surface area is 313 Å². The average Bonchev–Trinajstić information content (AvgIpc) is 3.12. The molecular formula is C45H78O6. The summed E-state index contributed by atoms with van der Waals surface area (Å²) in [5.41, 5.74) is 0. The zero-order valence-corrected chi connectivity index (χ0v) is 33.1. The van der Waals surface area contributed by atoms with Crippen LogP contribution in [-0.2, 0) is 19.1 Å². The molecule has 6 heteroatoms. The first-order valence-electron chi connectivity index (χ1n) is 20.8.